The van der Waals surface area contributed by atoms with Gasteiger partial charge < -0.3 is 10.4 Å². The zero-order valence-electron chi connectivity index (χ0n) is 7.66. The van der Waals surface area contributed by atoms with Crippen molar-refractivity contribution in [3.05, 3.63) is 17.1 Å². The molecule has 1 saturated heterocycles. The smallest absolute Gasteiger partial charge is 0.104 e. The molecule has 4 heteroatoms. The molecule has 2 N–H and O–H groups in total. The third-order valence-electron chi connectivity index (χ3n) is 2.70. The molecule has 2 heterocycles. The summed E-state index contributed by atoms with van der Waals surface area (Å²) in [5, 5.41) is 15.5. The summed E-state index contributed by atoms with van der Waals surface area (Å²) < 4.78 is 4.02. The maximum Gasteiger partial charge on any atom is 0.104 e. The van der Waals surface area contributed by atoms with Crippen LogP contribution in [-0.4, -0.2) is 22.1 Å². The van der Waals surface area contributed by atoms with E-state index in [0.29, 0.717) is 12.6 Å². The highest BCUT2D eigenvalue weighted by Crippen LogP contribution is 2.30. The number of nitrogens with zero attached hydrogens (tertiary/aromatic N) is 1. The number of aromatic nitrogens is 1. The number of hydrogen-bond donors (Lipinski definition) is 2. The van der Waals surface area contributed by atoms with Gasteiger partial charge in [0.2, 0.25) is 0 Å². The van der Waals surface area contributed by atoms with E-state index in [2.05, 4.69) is 16.6 Å². The summed E-state index contributed by atoms with van der Waals surface area (Å²) in [7, 11) is 0. The lowest BCUT2D eigenvalue weighted by Crippen LogP contribution is -2.47. The van der Waals surface area contributed by atoms with Gasteiger partial charge in [-0.2, -0.15) is 0 Å². The Morgan fingerprint density at radius 3 is 3.15 bits per heavy atom. The normalized spacial score (nSPS) is 34.8. The standard InChI is InChI=1S/C9H14N2OS/c1-7-2-3-9(12,6-10-7)8-4-11-13-5-8/h4-5,7,10,12H,2-3,6H2,1H3. The zero-order chi connectivity index (χ0) is 9.31. The first-order chi connectivity index (χ1) is 6.21. The van der Waals surface area contributed by atoms with Gasteiger partial charge in [0.05, 0.1) is 0 Å². The highest BCUT2D eigenvalue weighted by atomic mass is 32.1. The van der Waals surface area contributed by atoms with Crippen LogP contribution >= 0.6 is 11.5 Å². The van der Waals surface area contributed by atoms with Crippen LogP contribution in [0.25, 0.3) is 0 Å². The second-order valence-corrected chi connectivity index (χ2v) is 4.42. The number of β-amino-alcohol motifs (C(OH)–C–C–N with tert-alkyl or cyclic N) is 1. The quantitative estimate of drug-likeness (QED) is 0.710. The molecule has 2 atom stereocenters. The fraction of sp³-hybridized carbons (Fsp3) is 0.667. The Morgan fingerprint density at radius 2 is 2.62 bits per heavy atom. The Kier molecular flexibility index (Phi) is 2.36. The van der Waals surface area contributed by atoms with Crippen LogP contribution in [-0.2, 0) is 5.60 Å². The zero-order valence-corrected chi connectivity index (χ0v) is 8.47. The molecule has 0 amide bonds. The van der Waals surface area contributed by atoms with Gasteiger partial charge in [-0.05, 0) is 31.3 Å². The largest absolute Gasteiger partial charge is 0.384 e. The Balaban J connectivity index is 2.13. The molecule has 13 heavy (non-hydrogen) atoms. The average Bonchev–Trinajstić information content (AvgIpc) is 2.63. The van der Waals surface area contributed by atoms with E-state index in [1.54, 1.807) is 6.20 Å². The van der Waals surface area contributed by atoms with Crippen molar-refractivity contribution >= 4 is 11.5 Å². The second-order valence-electron chi connectivity index (χ2n) is 3.77. The highest BCUT2D eigenvalue weighted by Gasteiger charge is 2.33. The Morgan fingerprint density at radius 1 is 1.77 bits per heavy atom. The van der Waals surface area contributed by atoms with Crippen LogP contribution in [0.2, 0.25) is 0 Å². The lowest BCUT2D eigenvalue weighted by Gasteiger charge is -2.35. The molecule has 1 aromatic rings. The molecule has 0 aromatic carbocycles. The van der Waals surface area contributed by atoms with Crippen molar-refractivity contribution in [2.45, 2.75) is 31.4 Å². The average molecular weight is 198 g/mol. The van der Waals surface area contributed by atoms with Gasteiger partial charge in [-0.15, -0.1) is 0 Å². The lowest BCUT2D eigenvalue weighted by atomic mass is 9.86. The predicted octanol–water partition coefficient (Wildman–Crippen LogP) is 1.10. The van der Waals surface area contributed by atoms with Gasteiger partial charge in [-0.25, -0.2) is 4.37 Å². The fourth-order valence-corrected chi connectivity index (χ4v) is 2.30. The van der Waals surface area contributed by atoms with Gasteiger partial charge >= 0.3 is 0 Å². The first kappa shape index (κ1) is 9.12. The van der Waals surface area contributed by atoms with Crippen molar-refractivity contribution in [2.24, 2.45) is 0 Å². The second kappa shape index (κ2) is 3.36. The number of nitrogens with one attached hydrogen (secondary N) is 1. The Labute approximate surface area is 82.0 Å². The van der Waals surface area contributed by atoms with E-state index in [1.807, 2.05) is 5.38 Å². The summed E-state index contributed by atoms with van der Waals surface area (Å²) in [4.78, 5) is 0. The molecule has 1 aliphatic rings. The molecule has 3 nitrogen and oxygen atoms in total. The number of rotatable bonds is 1. The molecule has 72 valence electrons. The molecule has 0 bridgehead atoms. The maximum absolute atomic E-state index is 10.3. The lowest BCUT2D eigenvalue weighted by molar-refractivity contribution is 0.00390. The minimum atomic E-state index is -0.681. The van der Waals surface area contributed by atoms with Crippen LogP contribution in [0.5, 0.6) is 0 Å². The first-order valence-corrected chi connectivity index (χ1v) is 5.40. The van der Waals surface area contributed by atoms with Crippen LogP contribution in [0.1, 0.15) is 25.3 Å². The van der Waals surface area contributed by atoms with Crippen LogP contribution < -0.4 is 5.32 Å². The van der Waals surface area contributed by atoms with Crippen LogP contribution in [0, 0.1) is 0 Å². The number of hydrogen-bond acceptors (Lipinski definition) is 4. The van der Waals surface area contributed by atoms with Gasteiger partial charge in [0.15, 0.2) is 0 Å². The van der Waals surface area contributed by atoms with E-state index in [0.717, 1.165) is 18.4 Å². The molecular weight excluding hydrogens is 184 g/mol. The van der Waals surface area contributed by atoms with Crippen molar-refractivity contribution in [1.29, 1.82) is 0 Å². The number of piperidine rings is 1. The monoisotopic (exact) mass is 198 g/mol. The third kappa shape index (κ3) is 1.75. The van der Waals surface area contributed by atoms with Crippen molar-refractivity contribution in [1.82, 2.24) is 9.69 Å². The first-order valence-electron chi connectivity index (χ1n) is 4.56. The van der Waals surface area contributed by atoms with Crippen molar-refractivity contribution in [3.8, 4) is 0 Å². The summed E-state index contributed by atoms with van der Waals surface area (Å²) in [5.74, 6) is 0. The van der Waals surface area contributed by atoms with Gasteiger partial charge in [0, 0.05) is 29.7 Å². The van der Waals surface area contributed by atoms with Gasteiger partial charge in [-0.1, -0.05) is 0 Å². The summed E-state index contributed by atoms with van der Waals surface area (Å²) in [6, 6.07) is 0.520. The molecule has 2 rings (SSSR count). The van der Waals surface area contributed by atoms with E-state index in [4.69, 9.17) is 0 Å². The van der Waals surface area contributed by atoms with Gasteiger partial charge in [-0.3, -0.25) is 0 Å². The van der Waals surface area contributed by atoms with E-state index in [9.17, 15) is 5.11 Å². The topological polar surface area (TPSA) is 45.2 Å². The molecule has 1 aromatic heterocycles. The van der Waals surface area contributed by atoms with Crippen LogP contribution in [0.4, 0.5) is 0 Å². The van der Waals surface area contributed by atoms with E-state index in [-0.39, 0.29) is 0 Å². The Hall–Kier alpha value is -0.450. The SMILES string of the molecule is CC1CCC(O)(c2cnsc2)CN1. The maximum atomic E-state index is 10.3. The minimum Gasteiger partial charge on any atom is -0.384 e. The fourth-order valence-electron chi connectivity index (χ4n) is 1.67. The van der Waals surface area contributed by atoms with Crippen LogP contribution in [0.15, 0.2) is 11.6 Å². The number of aliphatic hydroxyl groups is 1. The molecule has 0 aliphatic carbocycles. The van der Waals surface area contributed by atoms with Gasteiger partial charge in [0.1, 0.15) is 5.60 Å². The van der Waals surface area contributed by atoms with Crippen LogP contribution in [0.3, 0.4) is 0 Å². The Bertz CT molecular complexity index is 265. The molecule has 0 saturated carbocycles. The van der Waals surface area contributed by atoms with E-state index < -0.39 is 5.60 Å². The molecular formula is C9H14N2OS. The predicted molar refractivity (Wildman–Crippen MR) is 52.7 cm³/mol. The van der Waals surface area contributed by atoms with Gasteiger partial charge in [0.25, 0.3) is 0 Å². The molecule has 1 aliphatic heterocycles. The third-order valence-corrected chi connectivity index (χ3v) is 3.29. The summed E-state index contributed by atoms with van der Waals surface area (Å²) in [5.41, 5.74) is 0.274. The molecule has 0 spiro atoms. The summed E-state index contributed by atoms with van der Waals surface area (Å²) in [6.45, 7) is 2.79. The van der Waals surface area contributed by atoms with Crippen molar-refractivity contribution in [3.63, 3.8) is 0 Å². The van der Waals surface area contributed by atoms with Crippen molar-refractivity contribution in [2.75, 3.05) is 6.54 Å². The summed E-state index contributed by atoms with van der Waals surface area (Å²) >= 11 is 1.39. The molecule has 2 unspecified atom stereocenters. The molecule has 1 fully saturated rings. The van der Waals surface area contributed by atoms with Crippen molar-refractivity contribution < 1.29 is 5.11 Å². The highest BCUT2D eigenvalue weighted by molar-refractivity contribution is 7.03. The van der Waals surface area contributed by atoms with E-state index >= 15 is 0 Å². The van der Waals surface area contributed by atoms with E-state index in [1.165, 1.54) is 11.5 Å². The molecule has 0 radical (unpaired) electrons. The minimum absolute atomic E-state index is 0.520. The summed E-state index contributed by atoms with van der Waals surface area (Å²) in [6.07, 6.45) is 3.62.